The number of amides is 1. The molecular weight excluding hydrogens is 198 g/mol. The van der Waals surface area contributed by atoms with Gasteiger partial charge in [-0.1, -0.05) is 6.08 Å². The SMILES string of the molecule is C=CCN(CC(=O)O)C(=O)c1cn[nH]c1. The monoisotopic (exact) mass is 209 g/mol. The topological polar surface area (TPSA) is 86.3 Å². The number of carbonyl (C=O) groups excluding carboxylic acids is 1. The van der Waals surface area contributed by atoms with Crippen molar-refractivity contribution in [2.45, 2.75) is 0 Å². The standard InChI is InChI=1S/C9H11N3O3/c1-2-3-12(6-8(13)14)9(15)7-4-10-11-5-7/h2,4-5H,1,3,6H2,(H,10,11)(H,13,14). The van der Waals surface area contributed by atoms with Crippen LogP contribution in [0.2, 0.25) is 0 Å². The first-order chi connectivity index (χ1) is 7.15. The van der Waals surface area contributed by atoms with Crippen molar-refractivity contribution in [1.29, 1.82) is 0 Å². The number of carboxylic acids is 1. The fourth-order valence-electron chi connectivity index (χ4n) is 1.09. The Labute approximate surface area is 86.2 Å². The second kappa shape index (κ2) is 4.94. The Hall–Kier alpha value is -2.11. The zero-order valence-corrected chi connectivity index (χ0v) is 8.01. The second-order valence-electron chi connectivity index (χ2n) is 2.86. The van der Waals surface area contributed by atoms with Crippen LogP contribution in [0.3, 0.4) is 0 Å². The van der Waals surface area contributed by atoms with Crippen LogP contribution in [0.4, 0.5) is 0 Å². The Morgan fingerprint density at radius 1 is 1.67 bits per heavy atom. The van der Waals surface area contributed by atoms with Crippen LogP contribution in [-0.2, 0) is 4.79 Å². The van der Waals surface area contributed by atoms with Crippen molar-refractivity contribution in [2.75, 3.05) is 13.1 Å². The van der Waals surface area contributed by atoms with Crippen molar-refractivity contribution in [1.82, 2.24) is 15.1 Å². The van der Waals surface area contributed by atoms with Crippen molar-refractivity contribution in [2.24, 2.45) is 0 Å². The highest BCUT2D eigenvalue weighted by Crippen LogP contribution is 2.01. The molecule has 80 valence electrons. The lowest BCUT2D eigenvalue weighted by molar-refractivity contribution is -0.137. The van der Waals surface area contributed by atoms with Crippen LogP contribution in [0.5, 0.6) is 0 Å². The average Bonchev–Trinajstić information content (AvgIpc) is 2.68. The molecule has 0 fully saturated rings. The largest absolute Gasteiger partial charge is 0.480 e. The number of carboxylic acid groups (broad SMARTS) is 1. The predicted octanol–water partition coefficient (Wildman–Crippen LogP) is 0.122. The molecule has 0 aliphatic rings. The molecule has 0 spiro atoms. The summed E-state index contributed by atoms with van der Waals surface area (Å²) in [6, 6.07) is 0. The zero-order chi connectivity index (χ0) is 11.3. The summed E-state index contributed by atoms with van der Waals surface area (Å²) in [7, 11) is 0. The quantitative estimate of drug-likeness (QED) is 0.674. The fourth-order valence-corrected chi connectivity index (χ4v) is 1.09. The number of aliphatic carboxylic acids is 1. The number of H-pyrrole nitrogens is 1. The molecule has 0 unspecified atom stereocenters. The van der Waals surface area contributed by atoms with Gasteiger partial charge in [0.25, 0.3) is 5.91 Å². The molecule has 0 atom stereocenters. The van der Waals surface area contributed by atoms with Crippen LogP contribution in [0.25, 0.3) is 0 Å². The maximum atomic E-state index is 11.7. The molecule has 6 nitrogen and oxygen atoms in total. The molecule has 1 rings (SSSR count). The summed E-state index contributed by atoms with van der Waals surface area (Å²) in [6.07, 6.45) is 4.24. The van der Waals surface area contributed by atoms with E-state index in [1.54, 1.807) is 0 Å². The van der Waals surface area contributed by atoms with Crippen LogP contribution in [-0.4, -0.2) is 45.2 Å². The number of aromatic nitrogens is 2. The average molecular weight is 209 g/mol. The Morgan fingerprint density at radius 3 is 2.87 bits per heavy atom. The van der Waals surface area contributed by atoms with Crippen LogP contribution in [0.15, 0.2) is 25.0 Å². The molecule has 0 saturated carbocycles. The van der Waals surface area contributed by atoms with Crippen molar-refractivity contribution < 1.29 is 14.7 Å². The Kier molecular flexibility index (Phi) is 3.61. The molecule has 0 aromatic carbocycles. The minimum atomic E-state index is -1.06. The van der Waals surface area contributed by atoms with Gasteiger partial charge in [0.05, 0.1) is 11.8 Å². The number of aromatic amines is 1. The summed E-state index contributed by atoms with van der Waals surface area (Å²) in [5, 5.41) is 14.7. The molecule has 2 N–H and O–H groups in total. The van der Waals surface area contributed by atoms with Crippen LogP contribution in [0, 0.1) is 0 Å². The highest BCUT2D eigenvalue weighted by molar-refractivity contribution is 5.95. The van der Waals surface area contributed by atoms with Gasteiger partial charge in [-0.3, -0.25) is 14.7 Å². The number of hydrogen-bond donors (Lipinski definition) is 2. The first-order valence-electron chi connectivity index (χ1n) is 4.26. The molecule has 0 aliphatic carbocycles. The molecule has 0 bridgehead atoms. The molecule has 6 heteroatoms. The third-order valence-electron chi connectivity index (χ3n) is 1.71. The minimum Gasteiger partial charge on any atom is -0.480 e. The summed E-state index contributed by atoms with van der Waals surface area (Å²) in [4.78, 5) is 23.4. The molecule has 0 radical (unpaired) electrons. The van der Waals surface area contributed by atoms with E-state index in [2.05, 4.69) is 16.8 Å². The summed E-state index contributed by atoms with van der Waals surface area (Å²) >= 11 is 0. The third-order valence-corrected chi connectivity index (χ3v) is 1.71. The Balaban J connectivity index is 2.75. The lowest BCUT2D eigenvalue weighted by Crippen LogP contribution is -2.35. The van der Waals surface area contributed by atoms with Crippen molar-refractivity contribution in [3.05, 3.63) is 30.6 Å². The molecule has 1 aromatic heterocycles. The molecule has 15 heavy (non-hydrogen) atoms. The number of hydrogen-bond acceptors (Lipinski definition) is 3. The number of carbonyl (C=O) groups is 2. The van der Waals surface area contributed by atoms with E-state index in [1.165, 1.54) is 23.4 Å². The van der Waals surface area contributed by atoms with Gasteiger partial charge in [-0.05, 0) is 0 Å². The zero-order valence-electron chi connectivity index (χ0n) is 8.01. The summed E-state index contributed by atoms with van der Waals surface area (Å²) < 4.78 is 0. The van der Waals surface area contributed by atoms with Gasteiger partial charge in [-0.15, -0.1) is 6.58 Å². The molecule has 0 aliphatic heterocycles. The van der Waals surface area contributed by atoms with Gasteiger partial charge < -0.3 is 10.0 Å². The van der Waals surface area contributed by atoms with Gasteiger partial charge >= 0.3 is 5.97 Å². The Bertz CT molecular complexity index is 359. The lowest BCUT2D eigenvalue weighted by atomic mass is 10.3. The van der Waals surface area contributed by atoms with E-state index in [1.807, 2.05) is 0 Å². The maximum absolute atomic E-state index is 11.7. The predicted molar refractivity (Wildman–Crippen MR) is 52.3 cm³/mol. The molecular formula is C9H11N3O3. The summed E-state index contributed by atoms with van der Waals surface area (Å²) in [6.45, 7) is 3.30. The van der Waals surface area contributed by atoms with Crippen molar-refractivity contribution >= 4 is 11.9 Å². The number of nitrogens with one attached hydrogen (secondary N) is 1. The van der Waals surface area contributed by atoms with Gasteiger partial charge in [0.1, 0.15) is 6.54 Å². The van der Waals surface area contributed by atoms with Crippen molar-refractivity contribution in [3.8, 4) is 0 Å². The van der Waals surface area contributed by atoms with E-state index in [9.17, 15) is 9.59 Å². The summed E-state index contributed by atoms with van der Waals surface area (Å²) in [5.41, 5.74) is 0.332. The normalized spacial score (nSPS) is 9.60. The van der Waals surface area contributed by atoms with Crippen LogP contribution < -0.4 is 0 Å². The first-order valence-corrected chi connectivity index (χ1v) is 4.26. The number of nitrogens with zero attached hydrogens (tertiary/aromatic N) is 2. The lowest BCUT2D eigenvalue weighted by Gasteiger charge is -2.17. The van der Waals surface area contributed by atoms with E-state index in [0.29, 0.717) is 5.56 Å². The molecule has 1 amide bonds. The fraction of sp³-hybridized carbons (Fsp3) is 0.222. The maximum Gasteiger partial charge on any atom is 0.323 e. The number of rotatable bonds is 5. The van der Waals surface area contributed by atoms with E-state index in [0.717, 1.165) is 0 Å². The third kappa shape index (κ3) is 2.94. The van der Waals surface area contributed by atoms with E-state index in [4.69, 9.17) is 5.11 Å². The van der Waals surface area contributed by atoms with Gasteiger partial charge in [-0.25, -0.2) is 0 Å². The second-order valence-corrected chi connectivity index (χ2v) is 2.86. The van der Waals surface area contributed by atoms with E-state index >= 15 is 0 Å². The van der Waals surface area contributed by atoms with E-state index < -0.39 is 5.97 Å². The molecule has 0 saturated heterocycles. The minimum absolute atomic E-state index is 0.191. The van der Waals surface area contributed by atoms with Gasteiger partial charge in [0, 0.05) is 12.7 Å². The van der Waals surface area contributed by atoms with Gasteiger partial charge in [0.2, 0.25) is 0 Å². The molecule has 1 aromatic rings. The van der Waals surface area contributed by atoms with E-state index in [-0.39, 0.29) is 19.0 Å². The highest BCUT2D eigenvalue weighted by Gasteiger charge is 2.17. The smallest absolute Gasteiger partial charge is 0.323 e. The van der Waals surface area contributed by atoms with Gasteiger partial charge in [0.15, 0.2) is 0 Å². The van der Waals surface area contributed by atoms with Crippen LogP contribution >= 0.6 is 0 Å². The van der Waals surface area contributed by atoms with Crippen LogP contribution in [0.1, 0.15) is 10.4 Å². The van der Waals surface area contributed by atoms with Gasteiger partial charge in [-0.2, -0.15) is 5.10 Å². The highest BCUT2D eigenvalue weighted by atomic mass is 16.4. The first kappa shape index (κ1) is 11.0. The Morgan fingerprint density at radius 2 is 2.40 bits per heavy atom. The summed E-state index contributed by atoms with van der Waals surface area (Å²) in [5.74, 6) is -1.44. The molecule has 1 heterocycles. The van der Waals surface area contributed by atoms with Crippen molar-refractivity contribution in [3.63, 3.8) is 0 Å².